The molecule has 0 saturated heterocycles. The van der Waals surface area contributed by atoms with Gasteiger partial charge >= 0.3 is 0 Å². The van der Waals surface area contributed by atoms with E-state index in [2.05, 4.69) is 4.98 Å². The first-order valence-corrected chi connectivity index (χ1v) is 12.1. The molecule has 0 radical (unpaired) electrons. The Labute approximate surface area is 199 Å². The molecule has 1 heterocycles. The van der Waals surface area contributed by atoms with Crippen LogP contribution in [0.25, 0.3) is 10.9 Å². The van der Waals surface area contributed by atoms with Crippen LogP contribution in [0, 0.1) is 0 Å². The number of para-hydroxylation sites is 1. The second kappa shape index (κ2) is 8.85. The van der Waals surface area contributed by atoms with Gasteiger partial charge in [-0.05, 0) is 48.0 Å². The van der Waals surface area contributed by atoms with Gasteiger partial charge in [-0.1, -0.05) is 64.6 Å². The number of benzene rings is 3. The van der Waals surface area contributed by atoms with E-state index in [1.165, 1.54) is 30.3 Å². The fourth-order valence-electron chi connectivity index (χ4n) is 3.04. The van der Waals surface area contributed by atoms with E-state index in [0.29, 0.717) is 16.3 Å². The Balaban J connectivity index is 1.62. The minimum absolute atomic E-state index is 0.0200. The second-order valence-electron chi connectivity index (χ2n) is 6.69. The number of ether oxygens (including phenoxy) is 1. The summed E-state index contributed by atoms with van der Waals surface area (Å²) >= 11 is 24.6. The average Bonchev–Trinajstić information content (AvgIpc) is 2.70. The van der Waals surface area contributed by atoms with Gasteiger partial charge in [-0.25, -0.2) is 8.42 Å². The fourth-order valence-corrected chi connectivity index (χ4v) is 5.81. The molecule has 4 aromatic rings. The van der Waals surface area contributed by atoms with Crippen molar-refractivity contribution in [3.05, 3.63) is 92.5 Å². The van der Waals surface area contributed by atoms with Crippen LogP contribution in [0.2, 0.25) is 20.1 Å². The maximum Gasteiger partial charge on any atom is 0.183 e. The molecule has 0 aliphatic heterocycles. The zero-order chi connectivity index (χ0) is 22.2. The van der Waals surface area contributed by atoms with Gasteiger partial charge in [-0.15, -0.1) is 0 Å². The monoisotopic (exact) mass is 511 g/mol. The highest BCUT2D eigenvalue weighted by Gasteiger charge is 2.21. The zero-order valence-corrected chi connectivity index (χ0v) is 19.5. The Morgan fingerprint density at radius 3 is 2.26 bits per heavy atom. The summed E-state index contributed by atoms with van der Waals surface area (Å²) in [6.45, 7) is 0. The van der Waals surface area contributed by atoms with Gasteiger partial charge in [0, 0.05) is 10.4 Å². The molecule has 9 heteroatoms. The molecule has 0 saturated carbocycles. The lowest BCUT2D eigenvalue weighted by atomic mass is 10.2. The van der Waals surface area contributed by atoms with Crippen LogP contribution in [-0.4, -0.2) is 13.4 Å². The van der Waals surface area contributed by atoms with Gasteiger partial charge in [0.1, 0.15) is 5.75 Å². The molecule has 158 valence electrons. The normalized spacial score (nSPS) is 11.6. The molecular formula is C22H13Cl4NO3S. The number of halogens is 4. The van der Waals surface area contributed by atoms with Gasteiger partial charge in [-0.2, -0.15) is 0 Å². The van der Waals surface area contributed by atoms with Crippen LogP contribution in [0.15, 0.2) is 71.8 Å². The number of hydrogen-bond acceptors (Lipinski definition) is 4. The first-order chi connectivity index (χ1) is 14.7. The minimum atomic E-state index is -3.75. The van der Waals surface area contributed by atoms with Crippen LogP contribution in [0.3, 0.4) is 0 Å². The minimum Gasteiger partial charge on any atom is -0.453 e. The number of sulfone groups is 1. The van der Waals surface area contributed by atoms with E-state index in [9.17, 15) is 8.42 Å². The van der Waals surface area contributed by atoms with Crippen molar-refractivity contribution in [1.82, 2.24) is 4.98 Å². The van der Waals surface area contributed by atoms with E-state index in [4.69, 9.17) is 51.1 Å². The number of hydrogen-bond donors (Lipinski definition) is 0. The summed E-state index contributed by atoms with van der Waals surface area (Å²) in [5.41, 5.74) is 1.22. The summed E-state index contributed by atoms with van der Waals surface area (Å²) < 4.78 is 31.4. The van der Waals surface area contributed by atoms with E-state index in [1.807, 2.05) is 30.3 Å². The van der Waals surface area contributed by atoms with Crippen LogP contribution in [0.4, 0.5) is 0 Å². The smallest absolute Gasteiger partial charge is 0.183 e. The summed E-state index contributed by atoms with van der Waals surface area (Å²) in [4.78, 5) is 4.32. The Kier molecular flexibility index (Phi) is 6.33. The lowest BCUT2D eigenvalue weighted by molar-refractivity contribution is 0.481. The van der Waals surface area contributed by atoms with Gasteiger partial charge in [-0.3, -0.25) is 4.98 Å². The number of fused-ring (bicyclic) bond motifs is 1. The third kappa shape index (κ3) is 4.92. The van der Waals surface area contributed by atoms with Gasteiger partial charge in [0.15, 0.2) is 15.6 Å². The molecule has 0 aliphatic rings. The van der Waals surface area contributed by atoms with Crippen molar-refractivity contribution in [2.45, 2.75) is 10.6 Å². The van der Waals surface area contributed by atoms with Crippen molar-refractivity contribution < 1.29 is 13.2 Å². The third-order valence-corrected chi connectivity index (χ3v) is 7.39. The molecule has 0 unspecified atom stereocenters. The van der Waals surface area contributed by atoms with Gasteiger partial charge < -0.3 is 4.74 Å². The van der Waals surface area contributed by atoms with Crippen LogP contribution in [0.1, 0.15) is 5.56 Å². The summed E-state index contributed by atoms with van der Waals surface area (Å²) in [5.74, 6) is 0.327. The van der Waals surface area contributed by atoms with Gasteiger partial charge in [0.25, 0.3) is 0 Å². The van der Waals surface area contributed by atoms with E-state index in [-0.39, 0.29) is 31.5 Å². The largest absolute Gasteiger partial charge is 0.453 e. The van der Waals surface area contributed by atoms with Crippen molar-refractivity contribution >= 4 is 67.1 Å². The summed E-state index contributed by atoms with van der Waals surface area (Å²) in [7, 11) is -3.75. The van der Waals surface area contributed by atoms with Crippen LogP contribution in [-0.2, 0) is 15.6 Å². The quantitative estimate of drug-likeness (QED) is 0.276. The summed E-state index contributed by atoms with van der Waals surface area (Å²) in [6, 6.07) is 16.6. The molecule has 0 atom stereocenters. The topological polar surface area (TPSA) is 56.3 Å². The Morgan fingerprint density at radius 1 is 0.839 bits per heavy atom. The standard InChI is InChI=1S/C22H13Cl4NO3S/c23-15-5-6-21(17(24)10-15)31(28,29)12-13-7-18(25)22(19(26)8-13)30-16-9-14-3-1-2-4-20(14)27-11-16/h1-11H,12H2. The molecule has 1 aromatic heterocycles. The highest BCUT2D eigenvalue weighted by Crippen LogP contribution is 2.39. The SMILES string of the molecule is O=S(=O)(Cc1cc(Cl)c(Oc2cnc3ccccc3c2)c(Cl)c1)c1ccc(Cl)cc1Cl. The number of rotatable bonds is 5. The van der Waals surface area contributed by atoms with E-state index < -0.39 is 9.84 Å². The maximum absolute atomic E-state index is 12.8. The van der Waals surface area contributed by atoms with Crippen LogP contribution < -0.4 is 4.74 Å². The van der Waals surface area contributed by atoms with Crippen molar-refractivity contribution in [3.8, 4) is 11.5 Å². The Morgan fingerprint density at radius 2 is 1.55 bits per heavy atom. The molecule has 4 rings (SSSR count). The van der Waals surface area contributed by atoms with E-state index in [1.54, 1.807) is 6.20 Å². The molecule has 0 amide bonds. The molecule has 0 spiro atoms. The van der Waals surface area contributed by atoms with Crippen LogP contribution >= 0.6 is 46.4 Å². The van der Waals surface area contributed by atoms with Gasteiger partial charge in [0.2, 0.25) is 0 Å². The summed E-state index contributed by atoms with van der Waals surface area (Å²) in [5, 5.41) is 1.64. The average molecular weight is 513 g/mol. The lowest BCUT2D eigenvalue weighted by Crippen LogP contribution is -2.06. The van der Waals surface area contributed by atoms with Crippen molar-refractivity contribution in [1.29, 1.82) is 0 Å². The molecule has 0 bridgehead atoms. The maximum atomic E-state index is 12.8. The van der Waals surface area contributed by atoms with Crippen LogP contribution in [0.5, 0.6) is 11.5 Å². The molecule has 0 aliphatic carbocycles. The molecule has 31 heavy (non-hydrogen) atoms. The number of pyridine rings is 1. The molecule has 0 fully saturated rings. The highest BCUT2D eigenvalue weighted by molar-refractivity contribution is 7.90. The molecule has 0 N–H and O–H groups in total. The second-order valence-corrected chi connectivity index (χ2v) is 10.3. The summed E-state index contributed by atoms with van der Waals surface area (Å²) in [6.07, 6.45) is 1.57. The Hall–Kier alpha value is -2.02. The molecule has 3 aromatic carbocycles. The lowest BCUT2D eigenvalue weighted by Gasteiger charge is -2.13. The zero-order valence-electron chi connectivity index (χ0n) is 15.7. The number of aromatic nitrogens is 1. The predicted molar refractivity (Wildman–Crippen MR) is 126 cm³/mol. The first-order valence-electron chi connectivity index (χ1n) is 8.91. The molecular weight excluding hydrogens is 500 g/mol. The highest BCUT2D eigenvalue weighted by atomic mass is 35.5. The van der Waals surface area contributed by atoms with Gasteiger partial charge in [0.05, 0.1) is 37.4 Å². The predicted octanol–water partition coefficient (Wildman–Crippen LogP) is 7.61. The fraction of sp³-hybridized carbons (Fsp3) is 0.0455. The van der Waals surface area contributed by atoms with E-state index >= 15 is 0 Å². The van der Waals surface area contributed by atoms with Crippen molar-refractivity contribution in [2.75, 3.05) is 0 Å². The first kappa shape index (κ1) is 22.2. The third-order valence-electron chi connectivity index (χ3n) is 4.43. The number of nitrogens with zero attached hydrogens (tertiary/aromatic N) is 1. The molecule has 4 nitrogen and oxygen atoms in total. The van der Waals surface area contributed by atoms with E-state index in [0.717, 1.165) is 10.9 Å². The van der Waals surface area contributed by atoms with Crippen molar-refractivity contribution in [3.63, 3.8) is 0 Å². The van der Waals surface area contributed by atoms with Crippen molar-refractivity contribution in [2.24, 2.45) is 0 Å². The Bertz CT molecular complexity index is 1380.